The zero-order chi connectivity index (χ0) is 8.48. The summed E-state index contributed by atoms with van der Waals surface area (Å²) in [6, 6.07) is 0. The number of cyclic esters (lactones) is 1. The summed E-state index contributed by atoms with van der Waals surface area (Å²) >= 11 is 0. The normalized spacial score (nSPS) is 29.8. The second kappa shape index (κ2) is 2.53. The predicted octanol–water partition coefficient (Wildman–Crippen LogP) is 0.255. The summed E-state index contributed by atoms with van der Waals surface area (Å²) < 4.78 is 9.54. The van der Waals surface area contributed by atoms with E-state index in [-0.39, 0.29) is 25.0 Å². The number of rotatable bonds is 1. The van der Waals surface area contributed by atoms with Crippen LogP contribution >= 0.6 is 0 Å². The summed E-state index contributed by atoms with van der Waals surface area (Å²) in [5, 5.41) is 0. The lowest BCUT2D eigenvalue weighted by atomic mass is 10.1. The fourth-order valence-corrected chi connectivity index (χ4v) is 1.05. The van der Waals surface area contributed by atoms with Crippen molar-refractivity contribution in [1.29, 1.82) is 0 Å². The first-order valence-electron chi connectivity index (χ1n) is 3.37. The molecule has 0 bridgehead atoms. The minimum atomic E-state index is -0.733. The van der Waals surface area contributed by atoms with Gasteiger partial charge in [0.2, 0.25) is 0 Å². The van der Waals surface area contributed by atoms with Crippen LogP contribution in [0.3, 0.4) is 0 Å². The first-order valence-corrected chi connectivity index (χ1v) is 3.37. The lowest BCUT2D eigenvalue weighted by molar-refractivity contribution is -0.155. The minimum absolute atomic E-state index is 0.159. The molecule has 4 nitrogen and oxygen atoms in total. The molecular formula is C7H10O4. The SMILES string of the molecule is CC(=O)OC1(C)COC(=O)C1. The summed E-state index contributed by atoms with van der Waals surface area (Å²) in [5.41, 5.74) is -0.733. The summed E-state index contributed by atoms with van der Waals surface area (Å²) in [5.74, 6) is -0.695. The Hall–Kier alpha value is -1.06. The van der Waals surface area contributed by atoms with Crippen molar-refractivity contribution in [1.82, 2.24) is 0 Å². The van der Waals surface area contributed by atoms with Crippen molar-refractivity contribution < 1.29 is 19.1 Å². The Labute approximate surface area is 64.5 Å². The third-order valence-electron chi connectivity index (χ3n) is 1.45. The van der Waals surface area contributed by atoms with E-state index in [1.807, 2.05) is 0 Å². The summed E-state index contributed by atoms with van der Waals surface area (Å²) in [7, 11) is 0. The van der Waals surface area contributed by atoms with Crippen LogP contribution in [-0.2, 0) is 19.1 Å². The minimum Gasteiger partial charge on any atom is -0.461 e. The quantitative estimate of drug-likeness (QED) is 0.513. The first-order chi connectivity index (χ1) is 5.02. The Balaban J connectivity index is 2.55. The number of esters is 2. The van der Waals surface area contributed by atoms with E-state index in [4.69, 9.17) is 4.74 Å². The molecule has 4 heteroatoms. The number of hydrogen-bond acceptors (Lipinski definition) is 4. The van der Waals surface area contributed by atoms with Crippen molar-refractivity contribution in [3.63, 3.8) is 0 Å². The van der Waals surface area contributed by atoms with Gasteiger partial charge in [-0.3, -0.25) is 9.59 Å². The van der Waals surface area contributed by atoms with Gasteiger partial charge in [-0.2, -0.15) is 0 Å². The van der Waals surface area contributed by atoms with E-state index in [1.54, 1.807) is 6.92 Å². The number of hydrogen-bond donors (Lipinski definition) is 0. The van der Waals surface area contributed by atoms with Crippen LogP contribution in [0.25, 0.3) is 0 Å². The van der Waals surface area contributed by atoms with Gasteiger partial charge in [-0.1, -0.05) is 0 Å². The zero-order valence-corrected chi connectivity index (χ0v) is 6.55. The smallest absolute Gasteiger partial charge is 0.310 e. The maximum atomic E-state index is 10.6. The van der Waals surface area contributed by atoms with Crippen LogP contribution in [0.4, 0.5) is 0 Å². The standard InChI is InChI=1S/C7H10O4/c1-5(8)11-7(2)3-6(9)10-4-7/h3-4H2,1-2H3. The van der Waals surface area contributed by atoms with Crippen molar-refractivity contribution in [2.45, 2.75) is 25.9 Å². The lowest BCUT2D eigenvalue weighted by Crippen LogP contribution is -2.31. The van der Waals surface area contributed by atoms with E-state index in [2.05, 4.69) is 4.74 Å². The number of carbonyl (C=O) groups is 2. The van der Waals surface area contributed by atoms with E-state index >= 15 is 0 Å². The summed E-state index contributed by atoms with van der Waals surface area (Å²) in [4.78, 5) is 21.1. The molecule has 0 aliphatic carbocycles. The van der Waals surface area contributed by atoms with Gasteiger partial charge in [-0.15, -0.1) is 0 Å². The van der Waals surface area contributed by atoms with Gasteiger partial charge in [0.05, 0.1) is 6.42 Å². The molecule has 1 saturated heterocycles. The molecule has 0 saturated carbocycles. The highest BCUT2D eigenvalue weighted by atomic mass is 16.6. The van der Waals surface area contributed by atoms with Gasteiger partial charge < -0.3 is 9.47 Å². The number of ether oxygens (including phenoxy) is 2. The molecule has 1 heterocycles. The van der Waals surface area contributed by atoms with Gasteiger partial charge in [-0.05, 0) is 6.92 Å². The third kappa shape index (κ3) is 1.93. The molecule has 1 aliphatic rings. The van der Waals surface area contributed by atoms with E-state index in [1.165, 1.54) is 6.92 Å². The largest absolute Gasteiger partial charge is 0.461 e. The molecule has 11 heavy (non-hydrogen) atoms. The van der Waals surface area contributed by atoms with Crippen molar-refractivity contribution >= 4 is 11.9 Å². The molecule has 0 aromatic carbocycles. The van der Waals surface area contributed by atoms with Gasteiger partial charge in [0.1, 0.15) is 6.61 Å². The molecule has 1 unspecified atom stereocenters. The van der Waals surface area contributed by atoms with Crippen molar-refractivity contribution in [2.75, 3.05) is 6.61 Å². The van der Waals surface area contributed by atoms with Crippen LogP contribution in [-0.4, -0.2) is 24.1 Å². The molecule has 0 radical (unpaired) electrons. The van der Waals surface area contributed by atoms with Gasteiger partial charge in [-0.25, -0.2) is 0 Å². The Kier molecular flexibility index (Phi) is 1.85. The molecular weight excluding hydrogens is 148 g/mol. The van der Waals surface area contributed by atoms with Crippen LogP contribution < -0.4 is 0 Å². The first kappa shape index (κ1) is 8.04. The second-order valence-electron chi connectivity index (χ2n) is 2.88. The Morgan fingerprint density at radius 2 is 2.36 bits per heavy atom. The van der Waals surface area contributed by atoms with Crippen LogP contribution in [0.5, 0.6) is 0 Å². The molecule has 1 atom stereocenters. The predicted molar refractivity (Wildman–Crippen MR) is 35.7 cm³/mol. The molecule has 1 aliphatic heterocycles. The van der Waals surface area contributed by atoms with Gasteiger partial charge in [0.25, 0.3) is 0 Å². The monoisotopic (exact) mass is 158 g/mol. The average molecular weight is 158 g/mol. The number of carbonyl (C=O) groups excluding carboxylic acids is 2. The fourth-order valence-electron chi connectivity index (χ4n) is 1.05. The molecule has 1 rings (SSSR count). The highest BCUT2D eigenvalue weighted by Crippen LogP contribution is 2.23. The van der Waals surface area contributed by atoms with Crippen LogP contribution in [0, 0.1) is 0 Å². The molecule has 0 aromatic heterocycles. The van der Waals surface area contributed by atoms with Crippen molar-refractivity contribution in [3.05, 3.63) is 0 Å². The van der Waals surface area contributed by atoms with Crippen molar-refractivity contribution in [2.24, 2.45) is 0 Å². The summed E-state index contributed by atoms with van der Waals surface area (Å²) in [6.45, 7) is 3.17. The molecule has 0 N–H and O–H groups in total. The van der Waals surface area contributed by atoms with Crippen LogP contribution in [0.2, 0.25) is 0 Å². The zero-order valence-electron chi connectivity index (χ0n) is 6.55. The highest BCUT2D eigenvalue weighted by Gasteiger charge is 2.38. The second-order valence-corrected chi connectivity index (χ2v) is 2.88. The van der Waals surface area contributed by atoms with E-state index in [9.17, 15) is 9.59 Å². The van der Waals surface area contributed by atoms with Crippen LogP contribution in [0.1, 0.15) is 20.3 Å². The molecule has 1 fully saturated rings. The summed E-state index contributed by atoms with van der Waals surface area (Å²) in [6.07, 6.45) is 0.159. The maximum Gasteiger partial charge on any atom is 0.310 e. The third-order valence-corrected chi connectivity index (χ3v) is 1.45. The topological polar surface area (TPSA) is 52.6 Å². The average Bonchev–Trinajstić information content (AvgIpc) is 2.08. The highest BCUT2D eigenvalue weighted by molar-refractivity contribution is 5.74. The van der Waals surface area contributed by atoms with Gasteiger partial charge >= 0.3 is 11.9 Å². The molecule has 0 amide bonds. The molecule has 0 spiro atoms. The Morgan fingerprint density at radius 1 is 1.73 bits per heavy atom. The fraction of sp³-hybridized carbons (Fsp3) is 0.714. The Morgan fingerprint density at radius 3 is 2.73 bits per heavy atom. The van der Waals surface area contributed by atoms with E-state index < -0.39 is 5.60 Å². The maximum absolute atomic E-state index is 10.6. The van der Waals surface area contributed by atoms with Crippen LogP contribution in [0.15, 0.2) is 0 Å². The lowest BCUT2D eigenvalue weighted by Gasteiger charge is -2.19. The molecule has 0 aromatic rings. The Bertz CT molecular complexity index is 199. The van der Waals surface area contributed by atoms with Gasteiger partial charge in [0.15, 0.2) is 5.60 Å². The van der Waals surface area contributed by atoms with Crippen molar-refractivity contribution in [3.8, 4) is 0 Å². The van der Waals surface area contributed by atoms with E-state index in [0.29, 0.717) is 0 Å². The van der Waals surface area contributed by atoms with Gasteiger partial charge in [0, 0.05) is 6.92 Å². The van der Waals surface area contributed by atoms with E-state index in [0.717, 1.165) is 0 Å². The molecule has 62 valence electrons.